The number of ether oxygens (including phenoxy) is 1. The molecule has 1 aliphatic heterocycles. The molecule has 1 atom stereocenters. The monoisotopic (exact) mass is 316 g/mol. The first kappa shape index (κ1) is 16.2. The fraction of sp³-hybridized carbons (Fsp3) is 0.571. The standard InChI is InChI=1S/C14H21FN2O3S/c1-9-12(15)6-11(7-13(9)16)21(18,19)17-10-4-5-20-14(2,3)8-10/h6-7,10,17H,4-5,8,16H2,1-3H3. The summed E-state index contributed by atoms with van der Waals surface area (Å²) in [5.41, 5.74) is 5.65. The molecule has 1 unspecified atom stereocenters. The fourth-order valence-electron chi connectivity index (χ4n) is 2.45. The molecule has 1 aliphatic rings. The summed E-state index contributed by atoms with van der Waals surface area (Å²) in [6.45, 7) is 5.83. The van der Waals surface area contributed by atoms with Crippen LogP contribution < -0.4 is 10.5 Å². The normalized spacial score (nSPS) is 22.2. The number of sulfonamides is 1. The molecule has 1 aromatic rings. The lowest BCUT2D eigenvalue weighted by atomic mass is 9.95. The third-order valence-corrected chi connectivity index (χ3v) is 5.19. The van der Waals surface area contributed by atoms with Crippen LogP contribution in [0.15, 0.2) is 17.0 Å². The molecule has 0 aromatic heterocycles. The molecule has 21 heavy (non-hydrogen) atoms. The highest BCUT2D eigenvalue weighted by Crippen LogP contribution is 2.26. The van der Waals surface area contributed by atoms with E-state index in [1.54, 1.807) is 0 Å². The Labute approximate surface area is 124 Å². The summed E-state index contributed by atoms with van der Waals surface area (Å²) < 4.78 is 46.6. The van der Waals surface area contributed by atoms with E-state index in [0.29, 0.717) is 19.4 Å². The molecule has 1 saturated heterocycles. The Kier molecular flexibility index (Phi) is 4.28. The highest BCUT2D eigenvalue weighted by atomic mass is 32.2. The topological polar surface area (TPSA) is 81.4 Å². The van der Waals surface area contributed by atoms with Gasteiger partial charge in [0.1, 0.15) is 5.82 Å². The van der Waals surface area contributed by atoms with Crippen LogP contribution in [0, 0.1) is 12.7 Å². The first-order valence-electron chi connectivity index (χ1n) is 6.83. The first-order chi connectivity index (χ1) is 9.61. The van der Waals surface area contributed by atoms with E-state index in [1.807, 2.05) is 13.8 Å². The second kappa shape index (κ2) is 5.55. The summed E-state index contributed by atoms with van der Waals surface area (Å²) in [5.74, 6) is -0.623. The number of hydrogen-bond acceptors (Lipinski definition) is 4. The number of anilines is 1. The second-order valence-corrected chi connectivity index (χ2v) is 7.75. The second-order valence-electron chi connectivity index (χ2n) is 6.04. The highest BCUT2D eigenvalue weighted by molar-refractivity contribution is 7.89. The Balaban J connectivity index is 2.23. The Morgan fingerprint density at radius 3 is 2.67 bits per heavy atom. The Bertz CT molecular complexity index is 621. The fourth-order valence-corrected chi connectivity index (χ4v) is 3.77. The lowest BCUT2D eigenvalue weighted by Crippen LogP contribution is -2.45. The molecule has 0 aliphatic carbocycles. The average molecular weight is 316 g/mol. The molecule has 1 heterocycles. The quantitative estimate of drug-likeness (QED) is 0.835. The maximum absolute atomic E-state index is 13.7. The smallest absolute Gasteiger partial charge is 0.241 e. The van der Waals surface area contributed by atoms with Gasteiger partial charge in [-0.05, 0) is 45.7 Å². The molecule has 5 nitrogen and oxygen atoms in total. The van der Waals surface area contributed by atoms with Gasteiger partial charge >= 0.3 is 0 Å². The van der Waals surface area contributed by atoms with E-state index < -0.39 is 15.8 Å². The molecule has 0 saturated carbocycles. The number of rotatable bonds is 3. The van der Waals surface area contributed by atoms with Crippen LogP contribution in [0.5, 0.6) is 0 Å². The molecule has 0 radical (unpaired) electrons. The molecule has 7 heteroatoms. The molecule has 0 bridgehead atoms. The lowest BCUT2D eigenvalue weighted by Gasteiger charge is -2.35. The van der Waals surface area contributed by atoms with Crippen LogP contribution in [0.4, 0.5) is 10.1 Å². The number of hydrogen-bond donors (Lipinski definition) is 2. The number of nitrogens with one attached hydrogen (secondary N) is 1. The number of benzene rings is 1. The highest BCUT2D eigenvalue weighted by Gasteiger charge is 2.31. The summed E-state index contributed by atoms with van der Waals surface area (Å²) in [4.78, 5) is -0.146. The van der Waals surface area contributed by atoms with Crippen LogP contribution in [0.3, 0.4) is 0 Å². The van der Waals surface area contributed by atoms with E-state index in [4.69, 9.17) is 10.5 Å². The van der Waals surface area contributed by atoms with Crippen molar-refractivity contribution in [3.63, 3.8) is 0 Å². The molecule has 118 valence electrons. The Morgan fingerprint density at radius 1 is 1.43 bits per heavy atom. The van der Waals surface area contributed by atoms with Crippen molar-refractivity contribution in [1.82, 2.24) is 4.72 Å². The van der Waals surface area contributed by atoms with Gasteiger partial charge in [-0.25, -0.2) is 17.5 Å². The van der Waals surface area contributed by atoms with Gasteiger partial charge in [-0.3, -0.25) is 0 Å². The maximum Gasteiger partial charge on any atom is 0.241 e. The number of nitrogens with two attached hydrogens (primary N) is 1. The first-order valence-corrected chi connectivity index (χ1v) is 8.31. The largest absolute Gasteiger partial charge is 0.398 e. The van der Waals surface area contributed by atoms with Crippen LogP contribution in [0.1, 0.15) is 32.3 Å². The summed E-state index contributed by atoms with van der Waals surface area (Å²) in [7, 11) is -3.80. The summed E-state index contributed by atoms with van der Waals surface area (Å²) in [5, 5.41) is 0. The molecule has 0 spiro atoms. The van der Waals surface area contributed by atoms with Crippen molar-refractivity contribution in [3.05, 3.63) is 23.5 Å². The molecular formula is C14H21FN2O3S. The molecule has 1 fully saturated rings. The van der Waals surface area contributed by atoms with E-state index in [-0.39, 0.29) is 27.8 Å². The maximum atomic E-state index is 13.7. The summed E-state index contributed by atoms with van der Waals surface area (Å²) in [6, 6.07) is 2.05. The van der Waals surface area contributed by atoms with Gasteiger partial charge in [0.15, 0.2) is 0 Å². The Hall–Kier alpha value is -1.18. The van der Waals surface area contributed by atoms with Crippen molar-refractivity contribution >= 4 is 15.7 Å². The zero-order valence-electron chi connectivity index (χ0n) is 12.4. The number of halogens is 1. The van der Waals surface area contributed by atoms with Crippen molar-refractivity contribution in [2.45, 2.75) is 50.2 Å². The van der Waals surface area contributed by atoms with Gasteiger partial charge in [-0.2, -0.15) is 0 Å². The average Bonchev–Trinajstić information content (AvgIpc) is 2.33. The van der Waals surface area contributed by atoms with Gasteiger partial charge in [0.25, 0.3) is 0 Å². The minimum absolute atomic E-state index is 0.127. The van der Waals surface area contributed by atoms with Crippen molar-refractivity contribution in [1.29, 1.82) is 0 Å². The van der Waals surface area contributed by atoms with Crippen molar-refractivity contribution < 1.29 is 17.5 Å². The van der Waals surface area contributed by atoms with Gasteiger partial charge in [0.2, 0.25) is 10.0 Å². The van der Waals surface area contributed by atoms with E-state index in [9.17, 15) is 12.8 Å². The molecule has 3 N–H and O–H groups in total. The minimum atomic E-state index is -3.80. The van der Waals surface area contributed by atoms with Gasteiger partial charge in [-0.1, -0.05) is 0 Å². The van der Waals surface area contributed by atoms with Gasteiger partial charge in [0.05, 0.1) is 10.5 Å². The molecular weight excluding hydrogens is 295 g/mol. The van der Waals surface area contributed by atoms with Crippen molar-refractivity contribution in [2.75, 3.05) is 12.3 Å². The van der Waals surface area contributed by atoms with Crippen LogP contribution >= 0.6 is 0 Å². The summed E-state index contributed by atoms with van der Waals surface area (Å²) in [6.07, 6.45) is 1.16. The zero-order chi connectivity index (χ0) is 15.8. The third kappa shape index (κ3) is 3.72. The van der Waals surface area contributed by atoms with Gasteiger partial charge < -0.3 is 10.5 Å². The zero-order valence-corrected chi connectivity index (χ0v) is 13.3. The van der Waals surface area contributed by atoms with Gasteiger partial charge in [-0.15, -0.1) is 0 Å². The minimum Gasteiger partial charge on any atom is -0.398 e. The predicted octanol–water partition coefficient (Wildman–Crippen LogP) is 1.95. The van der Waals surface area contributed by atoms with Crippen LogP contribution in [0.25, 0.3) is 0 Å². The van der Waals surface area contributed by atoms with Crippen LogP contribution in [0.2, 0.25) is 0 Å². The van der Waals surface area contributed by atoms with E-state index in [1.165, 1.54) is 13.0 Å². The lowest BCUT2D eigenvalue weighted by molar-refractivity contribution is -0.0599. The third-order valence-electron chi connectivity index (χ3n) is 3.69. The van der Waals surface area contributed by atoms with Crippen molar-refractivity contribution in [3.8, 4) is 0 Å². The SMILES string of the molecule is Cc1c(N)cc(S(=O)(=O)NC2CCOC(C)(C)C2)cc1F. The number of nitrogen functional groups attached to an aromatic ring is 1. The van der Waals surface area contributed by atoms with Gasteiger partial charge in [0, 0.05) is 23.9 Å². The molecule has 1 aromatic carbocycles. The van der Waals surface area contributed by atoms with E-state index in [0.717, 1.165) is 6.07 Å². The molecule has 0 amide bonds. The van der Waals surface area contributed by atoms with Crippen LogP contribution in [-0.4, -0.2) is 26.7 Å². The van der Waals surface area contributed by atoms with E-state index >= 15 is 0 Å². The summed E-state index contributed by atoms with van der Waals surface area (Å²) >= 11 is 0. The van der Waals surface area contributed by atoms with Crippen LogP contribution in [-0.2, 0) is 14.8 Å². The Morgan fingerprint density at radius 2 is 2.10 bits per heavy atom. The van der Waals surface area contributed by atoms with E-state index in [2.05, 4.69) is 4.72 Å². The predicted molar refractivity (Wildman–Crippen MR) is 78.9 cm³/mol. The van der Waals surface area contributed by atoms with Crippen molar-refractivity contribution in [2.24, 2.45) is 0 Å². The molecule has 2 rings (SSSR count).